The van der Waals surface area contributed by atoms with Gasteiger partial charge in [0.1, 0.15) is 5.82 Å². The molecule has 1 aromatic heterocycles. The molecule has 106 valence electrons. The molecular formula is C15H15Cl2FN2. The van der Waals surface area contributed by atoms with Crippen molar-refractivity contribution < 1.29 is 4.39 Å². The summed E-state index contributed by atoms with van der Waals surface area (Å²) >= 11 is 11.8. The number of benzene rings is 1. The van der Waals surface area contributed by atoms with E-state index in [4.69, 9.17) is 23.2 Å². The van der Waals surface area contributed by atoms with Crippen molar-refractivity contribution in [3.05, 3.63) is 63.6 Å². The molecule has 0 amide bonds. The van der Waals surface area contributed by atoms with Crippen LogP contribution in [0.3, 0.4) is 0 Å². The average molecular weight is 313 g/mol. The van der Waals surface area contributed by atoms with Crippen LogP contribution < -0.4 is 5.32 Å². The van der Waals surface area contributed by atoms with Crippen molar-refractivity contribution >= 4 is 23.2 Å². The summed E-state index contributed by atoms with van der Waals surface area (Å²) in [7, 11) is 0. The highest BCUT2D eigenvalue weighted by molar-refractivity contribution is 6.35. The van der Waals surface area contributed by atoms with E-state index in [1.54, 1.807) is 6.20 Å². The van der Waals surface area contributed by atoms with Crippen LogP contribution in [0.25, 0.3) is 0 Å². The van der Waals surface area contributed by atoms with Crippen LogP contribution in [0.2, 0.25) is 10.0 Å². The Kier molecular flexibility index (Phi) is 5.35. The van der Waals surface area contributed by atoms with Gasteiger partial charge in [0.05, 0.1) is 5.02 Å². The molecule has 0 aliphatic rings. The molecule has 1 unspecified atom stereocenters. The Morgan fingerprint density at radius 2 is 2.10 bits per heavy atom. The lowest BCUT2D eigenvalue weighted by Gasteiger charge is -2.16. The van der Waals surface area contributed by atoms with Gasteiger partial charge in [0.15, 0.2) is 0 Å². The second-order valence-electron chi connectivity index (χ2n) is 4.57. The van der Waals surface area contributed by atoms with Gasteiger partial charge in [0.2, 0.25) is 0 Å². The molecule has 2 rings (SSSR count). The molecule has 0 spiro atoms. The van der Waals surface area contributed by atoms with Crippen LogP contribution in [-0.4, -0.2) is 11.5 Å². The number of hydrogen-bond donors (Lipinski definition) is 1. The molecule has 0 fully saturated rings. The highest BCUT2D eigenvalue weighted by Crippen LogP contribution is 2.28. The highest BCUT2D eigenvalue weighted by atomic mass is 35.5. The van der Waals surface area contributed by atoms with E-state index in [1.807, 2.05) is 25.3 Å². The zero-order chi connectivity index (χ0) is 14.5. The van der Waals surface area contributed by atoms with Crippen molar-refractivity contribution in [3.63, 3.8) is 0 Å². The predicted octanol–water partition coefficient (Wildman–Crippen LogP) is 4.42. The molecule has 2 aromatic rings. The quantitative estimate of drug-likeness (QED) is 0.827. The fourth-order valence-electron chi connectivity index (χ4n) is 1.96. The van der Waals surface area contributed by atoms with Crippen molar-refractivity contribution in [2.75, 3.05) is 6.54 Å². The molecule has 0 bridgehead atoms. The number of halogens is 3. The minimum Gasteiger partial charge on any atom is -0.310 e. The Morgan fingerprint density at radius 3 is 2.80 bits per heavy atom. The summed E-state index contributed by atoms with van der Waals surface area (Å²) in [5, 5.41) is 3.83. The Bertz CT molecular complexity index is 576. The lowest BCUT2D eigenvalue weighted by Crippen LogP contribution is -2.21. The Hall–Kier alpha value is -1.16. The van der Waals surface area contributed by atoms with Gasteiger partial charge >= 0.3 is 0 Å². The van der Waals surface area contributed by atoms with Crippen LogP contribution in [0.15, 0.2) is 36.7 Å². The lowest BCUT2D eigenvalue weighted by atomic mass is 10.1. The Morgan fingerprint density at radius 1 is 1.30 bits per heavy atom. The van der Waals surface area contributed by atoms with Gasteiger partial charge < -0.3 is 5.32 Å². The first kappa shape index (κ1) is 15.2. The molecule has 5 heteroatoms. The van der Waals surface area contributed by atoms with Crippen molar-refractivity contribution in [2.45, 2.75) is 19.4 Å². The molecule has 20 heavy (non-hydrogen) atoms. The van der Waals surface area contributed by atoms with Crippen LogP contribution in [-0.2, 0) is 6.42 Å². The van der Waals surface area contributed by atoms with Crippen molar-refractivity contribution in [3.8, 4) is 0 Å². The highest BCUT2D eigenvalue weighted by Gasteiger charge is 2.12. The maximum absolute atomic E-state index is 13.5. The number of hydrogen-bond acceptors (Lipinski definition) is 2. The van der Waals surface area contributed by atoms with Gasteiger partial charge in [-0.05, 0) is 49.2 Å². The van der Waals surface area contributed by atoms with Crippen molar-refractivity contribution in [1.29, 1.82) is 0 Å². The van der Waals surface area contributed by atoms with Crippen LogP contribution in [0.5, 0.6) is 0 Å². The fraction of sp³-hybridized carbons (Fsp3) is 0.267. The first-order chi connectivity index (χ1) is 9.58. The second kappa shape index (κ2) is 7.02. The molecule has 2 nitrogen and oxygen atoms in total. The molecule has 0 saturated heterocycles. The molecule has 0 aliphatic heterocycles. The molecule has 1 heterocycles. The van der Waals surface area contributed by atoms with Gasteiger partial charge in [-0.1, -0.05) is 29.3 Å². The molecule has 0 saturated carbocycles. The maximum atomic E-state index is 13.5. The fourth-order valence-corrected chi connectivity index (χ4v) is 2.51. The van der Waals surface area contributed by atoms with Gasteiger partial charge in [-0.15, -0.1) is 0 Å². The average Bonchev–Trinajstić information content (AvgIpc) is 2.44. The molecule has 0 aliphatic carbocycles. The number of pyridine rings is 1. The Labute approximate surface area is 127 Å². The summed E-state index contributed by atoms with van der Waals surface area (Å²) in [6, 6.07) is 6.70. The summed E-state index contributed by atoms with van der Waals surface area (Å²) in [6.45, 7) is 2.70. The largest absolute Gasteiger partial charge is 0.310 e. The standard InChI is InChI=1S/C15H15Cl2FN2/c1-10(12-7-15(18)14(17)8-13(12)16)20-6-4-11-3-2-5-19-9-11/h2-3,5,7-10,20H,4,6H2,1H3. The third-order valence-corrected chi connectivity index (χ3v) is 3.71. The number of nitrogens with zero attached hydrogens (tertiary/aromatic N) is 1. The summed E-state index contributed by atoms with van der Waals surface area (Å²) in [5.41, 5.74) is 1.86. The summed E-state index contributed by atoms with van der Waals surface area (Å²) < 4.78 is 13.5. The lowest BCUT2D eigenvalue weighted by molar-refractivity contribution is 0.567. The zero-order valence-electron chi connectivity index (χ0n) is 11.0. The molecule has 1 atom stereocenters. The van der Waals surface area contributed by atoms with E-state index in [0.717, 1.165) is 18.5 Å². The van der Waals surface area contributed by atoms with Crippen LogP contribution in [0.1, 0.15) is 24.1 Å². The van der Waals surface area contributed by atoms with E-state index in [2.05, 4.69) is 10.3 Å². The van der Waals surface area contributed by atoms with Gasteiger partial charge in [0.25, 0.3) is 0 Å². The first-order valence-electron chi connectivity index (χ1n) is 6.34. The van der Waals surface area contributed by atoms with E-state index in [1.165, 1.54) is 12.1 Å². The molecule has 0 radical (unpaired) electrons. The van der Waals surface area contributed by atoms with Crippen LogP contribution in [0.4, 0.5) is 4.39 Å². The maximum Gasteiger partial charge on any atom is 0.142 e. The van der Waals surface area contributed by atoms with Gasteiger partial charge in [-0.2, -0.15) is 0 Å². The van der Waals surface area contributed by atoms with E-state index in [0.29, 0.717) is 10.6 Å². The van der Waals surface area contributed by atoms with Gasteiger partial charge in [-0.25, -0.2) is 4.39 Å². The zero-order valence-corrected chi connectivity index (χ0v) is 12.5. The monoisotopic (exact) mass is 312 g/mol. The van der Waals surface area contributed by atoms with E-state index in [9.17, 15) is 4.39 Å². The molecule has 1 aromatic carbocycles. The smallest absolute Gasteiger partial charge is 0.142 e. The van der Waals surface area contributed by atoms with Gasteiger partial charge in [0, 0.05) is 23.5 Å². The number of rotatable bonds is 5. The normalized spacial score (nSPS) is 12.4. The molecular weight excluding hydrogens is 298 g/mol. The third-order valence-electron chi connectivity index (χ3n) is 3.09. The molecule has 1 N–H and O–H groups in total. The van der Waals surface area contributed by atoms with Crippen molar-refractivity contribution in [1.82, 2.24) is 10.3 Å². The minimum atomic E-state index is -0.452. The second-order valence-corrected chi connectivity index (χ2v) is 5.39. The SMILES string of the molecule is CC(NCCc1cccnc1)c1cc(F)c(Cl)cc1Cl. The summed E-state index contributed by atoms with van der Waals surface area (Å²) in [4.78, 5) is 4.06. The van der Waals surface area contributed by atoms with Gasteiger partial charge in [-0.3, -0.25) is 4.98 Å². The minimum absolute atomic E-state index is 0.0429. The first-order valence-corrected chi connectivity index (χ1v) is 7.10. The van der Waals surface area contributed by atoms with E-state index < -0.39 is 5.82 Å². The van der Waals surface area contributed by atoms with Crippen LogP contribution in [0, 0.1) is 5.82 Å². The van der Waals surface area contributed by atoms with E-state index in [-0.39, 0.29) is 11.1 Å². The summed E-state index contributed by atoms with van der Waals surface area (Å²) in [6.07, 6.45) is 4.43. The van der Waals surface area contributed by atoms with E-state index >= 15 is 0 Å². The van der Waals surface area contributed by atoms with Crippen molar-refractivity contribution in [2.24, 2.45) is 0 Å². The number of nitrogens with one attached hydrogen (secondary N) is 1. The Balaban J connectivity index is 1.95. The number of aromatic nitrogens is 1. The van der Waals surface area contributed by atoms with Crippen LogP contribution >= 0.6 is 23.2 Å². The topological polar surface area (TPSA) is 24.9 Å². The third kappa shape index (κ3) is 3.92. The predicted molar refractivity (Wildman–Crippen MR) is 80.8 cm³/mol. The summed E-state index contributed by atoms with van der Waals surface area (Å²) in [5.74, 6) is -0.452.